The summed E-state index contributed by atoms with van der Waals surface area (Å²) in [6.45, 7) is 1.23. The molecule has 0 fully saturated rings. The molecule has 5 heteroatoms. The smallest absolute Gasteiger partial charge is 0.339 e. The second kappa shape index (κ2) is 7.45. The van der Waals surface area contributed by atoms with Gasteiger partial charge in [-0.05, 0) is 17.2 Å². The van der Waals surface area contributed by atoms with Crippen molar-refractivity contribution in [3.05, 3.63) is 59.3 Å². The molecule has 1 aliphatic heterocycles. The Morgan fingerprint density at radius 3 is 2.50 bits per heavy atom. The minimum Gasteiger partial charge on any atom is -0.469 e. The van der Waals surface area contributed by atoms with E-state index in [0.717, 1.165) is 11.1 Å². The molecule has 2 rings (SSSR count). The molecule has 0 N–H and O–H groups in total. The first-order valence-corrected chi connectivity index (χ1v) is 6.96. The Labute approximate surface area is 129 Å². The van der Waals surface area contributed by atoms with Crippen LogP contribution < -0.4 is 0 Å². The summed E-state index contributed by atoms with van der Waals surface area (Å²) >= 11 is 0. The third-order valence-corrected chi connectivity index (χ3v) is 3.34. The number of carbonyl (C=O) groups excluding carboxylic acids is 2. The number of benzene rings is 1. The second-order valence-electron chi connectivity index (χ2n) is 5.02. The average Bonchev–Trinajstić information content (AvgIpc) is 2.54. The van der Waals surface area contributed by atoms with Crippen molar-refractivity contribution in [3.63, 3.8) is 0 Å². The number of rotatable bonds is 5. The van der Waals surface area contributed by atoms with Gasteiger partial charge in [0.05, 0.1) is 26.2 Å². The molecule has 0 aliphatic carbocycles. The average molecular weight is 301 g/mol. The third-order valence-electron chi connectivity index (χ3n) is 3.34. The Morgan fingerprint density at radius 2 is 1.86 bits per heavy atom. The lowest BCUT2D eigenvalue weighted by atomic mass is 10.0. The van der Waals surface area contributed by atoms with Gasteiger partial charge in [-0.15, -0.1) is 0 Å². The van der Waals surface area contributed by atoms with Crippen LogP contribution in [0.4, 0.5) is 0 Å². The third kappa shape index (κ3) is 4.22. The van der Waals surface area contributed by atoms with Crippen LogP contribution in [0.5, 0.6) is 0 Å². The molecular weight excluding hydrogens is 282 g/mol. The molecule has 22 heavy (non-hydrogen) atoms. The van der Waals surface area contributed by atoms with E-state index in [4.69, 9.17) is 9.47 Å². The van der Waals surface area contributed by atoms with Crippen molar-refractivity contribution in [1.82, 2.24) is 4.90 Å². The fourth-order valence-corrected chi connectivity index (χ4v) is 2.32. The van der Waals surface area contributed by atoms with Crippen LogP contribution in [0.25, 0.3) is 0 Å². The number of ether oxygens (including phenoxy) is 2. The van der Waals surface area contributed by atoms with Crippen molar-refractivity contribution in [3.8, 4) is 0 Å². The van der Waals surface area contributed by atoms with E-state index in [2.05, 4.69) is 0 Å². The molecule has 1 aliphatic rings. The van der Waals surface area contributed by atoms with E-state index in [9.17, 15) is 9.59 Å². The van der Waals surface area contributed by atoms with Crippen molar-refractivity contribution in [2.45, 2.75) is 13.0 Å². The maximum atomic E-state index is 11.8. The quantitative estimate of drug-likeness (QED) is 0.779. The Bertz CT molecular complexity index is 604. The fourth-order valence-electron chi connectivity index (χ4n) is 2.32. The number of nitrogens with zero attached hydrogens (tertiary/aromatic N) is 1. The van der Waals surface area contributed by atoms with Crippen LogP contribution in [0.2, 0.25) is 0 Å². The first kappa shape index (κ1) is 15.8. The Kier molecular flexibility index (Phi) is 5.36. The van der Waals surface area contributed by atoms with Gasteiger partial charge in [0, 0.05) is 19.3 Å². The maximum absolute atomic E-state index is 11.8. The summed E-state index contributed by atoms with van der Waals surface area (Å²) in [7, 11) is 2.69. The lowest BCUT2D eigenvalue weighted by Crippen LogP contribution is -2.26. The van der Waals surface area contributed by atoms with Crippen molar-refractivity contribution >= 4 is 11.9 Å². The van der Waals surface area contributed by atoms with Crippen molar-refractivity contribution in [1.29, 1.82) is 0 Å². The highest BCUT2D eigenvalue weighted by atomic mass is 16.5. The van der Waals surface area contributed by atoms with Gasteiger partial charge >= 0.3 is 11.9 Å². The van der Waals surface area contributed by atoms with Gasteiger partial charge in [-0.3, -0.25) is 4.79 Å². The van der Waals surface area contributed by atoms with Crippen LogP contribution in [0, 0.1) is 0 Å². The van der Waals surface area contributed by atoms with Gasteiger partial charge in [-0.25, -0.2) is 4.79 Å². The molecule has 0 bridgehead atoms. The minimum absolute atomic E-state index is 0.163. The van der Waals surface area contributed by atoms with E-state index >= 15 is 0 Å². The number of hydrogen-bond donors (Lipinski definition) is 0. The summed E-state index contributed by atoms with van der Waals surface area (Å²) in [6.07, 6.45) is 3.62. The number of esters is 2. The molecule has 0 spiro atoms. The van der Waals surface area contributed by atoms with Gasteiger partial charge in [0.25, 0.3) is 0 Å². The van der Waals surface area contributed by atoms with Crippen molar-refractivity contribution in [2.24, 2.45) is 0 Å². The predicted molar refractivity (Wildman–Crippen MR) is 81.7 cm³/mol. The zero-order valence-corrected chi connectivity index (χ0v) is 12.7. The summed E-state index contributed by atoms with van der Waals surface area (Å²) in [5, 5.41) is 0. The largest absolute Gasteiger partial charge is 0.469 e. The molecule has 0 radical (unpaired) electrons. The highest BCUT2D eigenvalue weighted by molar-refractivity contribution is 5.92. The zero-order valence-electron chi connectivity index (χ0n) is 12.7. The molecule has 116 valence electrons. The number of hydrogen-bond acceptors (Lipinski definition) is 5. The van der Waals surface area contributed by atoms with Crippen LogP contribution in [0.15, 0.2) is 53.8 Å². The first-order valence-electron chi connectivity index (χ1n) is 6.96. The van der Waals surface area contributed by atoms with E-state index in [0.29, 0.717) is 18.7 Å². The molecule has 0 amide bonds. The maximum Gasteiger partial charge on any atom is 0.339 e. The van der Waals surface area contributed by atoms with Crippen LogP contribution in [-0.2, 0) is 25.6 Å². The predicted octanol–water partition coefficient (Wildman–Crippen LogP) is 2.05. The van der Waals surface area contributed by atoms with E-state index in [-0.39, 0.29) is 12.4 Å². The summed E-state index contributed by atoms with van der Waals surface area (Å²) in [5.41, 5.74) is 2.39. The van der Waals surface area contributed by atoms with E-state index < -0.39 is 5.97 Å². The van der Waals surface area contributed by atoms with Gasteiger partial charge in [-0.1, -0.05) is 30.3 Å². The lowest BCUT2D eigenvalue weighted by molar-refractivity contribution is -0.140. The summed E-state index contributed by atoms with van der Waals surface area (Å²) in [4.78, 5) is 25.2. The highest BCUT2D eigenvalue weighted by Crippen LogP contribution is 2.20. The second-order valence-corrected chi connectivity index (χ2v) is 5.02. The topological polar surface area (TPSA) is 55.8 Å². The number of carbonyl (C=O) groups is 2. The van der Waals surface area contributed by atoms with Crippen LogP contribution in [0.3, 0.4) is 0 Å². The molecular formula is C17H19NO4. The van der Waals surface area contributed by atoms with Gasteiger partial charge in [0.1, 0.15) is 0 Å². The van der Waals surface area contributed by atoms with E-state index in [1.807, 2.05) is 35.2 Å². The van der Waals surface area contributed by atoms with E-state index in [1.54, 1.807) is 12.3 Å². The highest BCUT2D eigenvalue weighted by Gasteiger charge is 2.19. The van der Waals surface area contributed by atoms with Gasteiger partial charge in [-0.2, -0.15) is 0 Å². The summed E-state index contributed by atoms with van der Waals surface area (Å²) in [6, 6.07) is 9.93. The summed E-state index contributed by atoms with van der Waals surface area (Å²) < 4.78 is 9.47. The Morgan fingerprint density at radius 1 is 1.14 bits per heavy atom. The van der Waals surface area contributed by atoms with Crippen molar-refractivity contribution < 1.29 is 19.1 Å². The van der Waals surface area contributed by atoms with Gasteiger partial charge in [0.2, 0.25) is 0 Å². The van der Waals surface area contributed by atoms with Crippen LogP contribution in [-0.4, -0.2) is 37.6 Å². The Hall–Kier alpha value is -2.56. The lowest BCUT2D eigenvalue weighted by Gasteiger charge is -2.26. The molecule has 0 atom stereocenters. The van der Waals surface area contributed by atoms with Crippen molar-refractivity contribution in [2.75, 3.05) is 20.8 Å². The fraction of sp³-hybridized carbons (Fsp3) is 0.294. The molecule has 1 aromatic carbocycles. The minimum atomic E-state index is -0.417. The molecule has 0 saturated carbocycles. The van der Waals surface area contributed by atoms with E-state index in [1.165, 1.54) is 14.2 Å². The number of methoxy groups -OCH3 is 2. The molecule has 1 aromatic rings. The molecule has 0 aromatic heterocycles. The van der Waals surface area contributed by atoms with Crippen LogP contribution >= 0.6 is 0 Å². The van der Waals surface area contributed by atoms with Gasteiger partial charge < -0.3 is 14.4 Å². The van der Waals surface area contributed by atoms with Crippen LogP contribution in [0.1, 0.15) is 12.0 Å². The van der Waals surface area contributed by atoms with Gasteiger partial charge in [0.15, 0.2) is 0 Å². The summed E-state index contributed by atoms with van der Waals surface area (Å²) in [5.74, 6) is -0.739. The first-order chi connectivity index (χ1) is 10.6. The Balaban J connectivity index is 2.17. The molecule has 1 heterocycles. The monoisotopic (exact) mass is 301 g/mol. The normalized spacial score (nSPS) is 14.0. The SMILES string of the molecule is COC(=O)CC1=CC(C(=O)OC)=CN(Cc2ccccc2)C1. The molecule has 0 unspecified atom stereocenters. The zero-order chi connectivity index (χ0) is 15.9. The molecule has 5 nitrogen and oxygen atoms in total. The standard InChI is InChI=1S/C17H19NO4/c1-21-16(19)9-14-8-15(17(20)22-2)12-18(11-14)10-13-6-4-3-5-7-13/h3-8,12H,9-11H2,1-2H3. The molecule has 0 saturated heterocycles.